The van der Waals surface area contributed by atoms with Gasteiger partial charge >= 0.3 is 0 Å². The van der Waals surface area contributed by atoms with Gasteiger partial charge in [-0.15, -0.1) is 0 Å². The largest absolute Gasteiger partial charge is 0.485 e. The zero-order valence-electron chi connectivity index (χ0n) is 17.2. The van der Waals surface area contributed by atoms with E-state index < -0.39 is 4.92 Å². The number of ether oxygens (including phenoxy) is 1. The molecule has 1 fully saturated rings. The number of nitrogens with zero attached hydrogens (tertiary/aromatic N) is 3. The van der Waals surface area contributed by atoms with Gasteiger partial charge in [-0.1, -0.05) is 12.1 Å². The van der Waals surface area contributed by atoms with Crippen LogP contribution in [0, 0.1) is 10.1 Å². The lowest BCUT2D eigenvalue weighted by molar-refractivity contribution is -0.384. The third-order valence-corrected chi connectivity index (χ3v) is 5.51. The number of nitrogens with one attached hydrogen (secondary N) is 1. The molecule has 1 heterocycles. The van der Waals surface area contributed by atoms with Crippen molar-refractivity contribution in [3.63, 3.8) is 0 Å². The molecular weight excluding hydrogens is 384 g/mol. The Balaban J connectivity index is 1.47. The van der Waals surface area contributed by atoms with E-state index in [2.05, 4.69) is 17.1 Å². The standard InChI is InChI=1S/C22H26N4O4/c1-3-25-14-17(30-21-7-5-4-6-19(21)25)13-24(2)22(27)15-8-11-18(23-16-9-10-16)20(12-15)26(28)29/h4-8,11-12,16-17,23H,3,9-10,13-14H2,1-2H3/t17-/m0/s1. The molecule has 4 rings (SSSR count). The van der Waals surface area contributed by atoms with E-state index in [4.69, 9.17) is 4.74 Å². The number of hydrogen-bond acceptors (Lipinski definition) is 6. The van der Waals surface area contributed by atoms with Crippen LogP contribution in [0.4, 0.5) is 17.1 Å². The summed E-state index contributed by atoms with van der Waals surface area (Å²) in [6.45, 7) is 4.00. The maximum Gasteiger partial charge on any atom is 0.293 e. The van der Waals surface area contributed by atoms with Crippen molar-refractivity contribution in [2.24, 2.45) is 0 Å². The van der Waals surface area contributed by atoms with E-state index in [1.54, 1.807) is 24.1 Å². The van der Waals surface area contributed by atoms with Crippen molar-refractivity contribution < 1.29 is 14.5 Å². The molecule has 158 valence electrons. The Labute approximate surface area is 175 Å². The second-order valence-corrected chi connectivity index (χ2v) is 7.84. The van der Waals surface area contributed by atoms with Gasteiger partial charge in [0.1, 0.15) is 17.5 Å². The Hall–Kier alpha value is -3.29. The van der Waals surface area contributed by atoms with Crippen molar-refractivity contribution in [2.45, 2.75) is 31.9 Å². The van der Waals surface area contributed by atoms with Gasteiger partial charge in [0.15, 0.2) is 0 Å². The van der Waals surface area contributed by atoms with Gasteiger partial charge in [-0.25, -0.2) is 0 Å². The normalized spacial score (nSPS) is 17.7. The first-order valence-corrected chi connectivity index (χ1v) is 10.3. The highest BCUT2D eigenvalue weighted by atomic mass is 16.6. The number of nitro benzene ring substituents is 1. The lowest BCUT2D eigenvalue weighted by Crippen LogP contribution is -2.46. The molecule has 0 spiro atoms. The summed E-state index contributed by atoms with van der Waals surface area (Å²) in [7, 11) is 1.70. The molecule has 0 radical (unpaired) electrons. The van der Waals surface area contributed by atoms with Crippen LogP contribution in [0.3, 0.4) is 0 Å². The number of nitro groups is 1. The quantitative estimate of drug-likeness (QED) is 0.555. The molecule has 1 saturated carbocycles. The number of amides is 1. The van der Waals surface area contributed by atoms with Crippen molar-refractivity contribution in [3.05, 3.63) is 58.1 Å². The lowest BCUT2D eigenvalue weighted by atomic mass is 10.1. The smallest absolute Gasteiger partial charge is 0.293 e. The molecule has 1 aliphatic heterocycles. The molecule has 0 saturated heterocycles. The minimum absolute atomic E-state index is 0.0684. The fraction of sp³-hybridized carbons (Fsp3) is 0.409. The van der Waals surface area contributed by atoms with Gasteiger partial charge in [0.2, 0.25) is 0 Å². The number of para-hydroxylation sites is 2. The predicted octanol–water partition coefficient (Wildman–Crippen LogP) is 3.53. The van der Waals surface area contributed by atoms with Crippen molar-refractivity contribution in [2.75, 3.05) is 36.9 Å². The third kappa shape index (κ3) is 4.17. The van der Waals surface area contributed by atoms with E-state index in [-0.39, 0.29) is 17.7 Å². The molecule has 8 nitrogen and oxygen atoms in total. The molecule has 2 aromatic rings. The fourth-order valence-corrected chi connectivity index (χ4v) is 3.77. The minimum atomic E-state index is -0.443. The van der Waals surface area contributed by atoms with Gasteiger partial charge in [-0.05, 0) is 44.0 Å². The number of benzene rings is 2. The molecule has 2 aliphatic rings. The van der Waals surface area contributed by atoms with Crippen LogP contribution in [0.25, 0.3) is 0 Å². The van der Waals surface area contributed by atoms with E-state index in [0.29, 0.717) is 30.4 Å². The summed E-state index contributed by atoms with van der Waals surface area (Å²) in [5.41, 5.74) is 1.75. The van der Waals surface area contributed by atoms with Gasteiger partial charge < -0.3 is 19.9 Å². The fourth-order valence-electron chi connectivity index (χ4n) is 3.77. The van der Waals surface area contributed by atoms with Crippen molar-refractivity contribution in [1.82, 2.24) is 4.90 Å². The summed E-state index contributed by atoms with van der Waals surface area (Å²) in [5, 5.41) is 14.6. The van der Waals surface area contributed by atoms with E-state index in [9.17, 15) is 14.9 Å². The van der Waals surface area contributed by atoms with Gasteiger partial charge in [-0.2, -0.15) is 0 Å². The molecule has 1 atom stereocenters. The summed E-state index contributed by atoms with van der Waals surface area (Å²) in [6.07, 6.45) is 1.85. The molecule has 30 heavy (non-hydrogen) atoms. The molecule has 0 aromatic heterocycles. The first kappa shape index (κ1) is 20.0. The summed E-state index contributed by atoms with van der Waals surface area (Å²) in [4.78, 5) is 27.8. The van der Waals surface area contributed by atoms with E-state index in [1.165, 1.54) is 6.07 Å². The predicted molar refractivity (Wildman–Crippen MR) is 115 cm³/mol. The Bertz CT molecular complexity index is 960. The molecule has 1 N–H and O–H groups in total. The Morgan fingerprint density at radius 3 is 2.77 bits per heavy atom. The van der Waals surface area contributed by atoms with Crippen LogP contribution in [0.5, 0.6) is 5.75 Å². The van der Waals surface area contributed by atoms with Gasteiger partial charge in [0.25, 0.3) is 11.6 Å². The number of carbonyl (C=O) groups is 1. The van der Waals surface area contributed by atoms with Crippen LogP contribution in [-0.2, 0) is 0 Å². The average Bonchev–Trinajstić information content (AvgIpc) is 3.56. The van der Waals surface area contributed by atoms with E-state index in [1.807, 2.05) is 24.3 Å². The average molecular weight is 410 g/mol. The second kappa shape index (κ2) is 8.22. The molecule has 0 bridgehead atoms. The maximum atomic E-state index is 12.9. The minimum Gasteiger partial charge on any atom is -0.485 e. The van der Waals surface area contributed by atoms with Crippen LogP contribution < -0.4 is 15.0 Å². The van der Waals surface area contributed by atoms with Crippen LogP contribution in [-0.4, -0.2) is 54.6 Å². The molecule has 1 amide bonds. The summed E-state index contributed by atoms with van der Waals surface area (Å²) >= 11 is 0. The van der Waals surface area contributed by atoms with Crippen LogP contribution >= 0.6 is 0 Å². The van der Waals surface area contributed by atoms with Crippen molar-refractivity contribution in [1.29, 1.82) is 0 Å². The van der Waals surface area contributed by atoms with Gasteiger partial charge in [0, 0.05) is 31.3 Å². The highest BCUT2D eigenvalue weighted by Crippen LogP contribution is 2.34. The molecule has 0 unspecified atom stereocenters. The monoisotopic (exact) mass is 410 g/mol. The van der Waals surface area contributed by atoms with Crippen molar-refractivity contribution >= 4 is 23.0 Å². The highest BCUT2D eigenvalue weighted by Gasteiger charge is 2.29. The number of carbonyl (C=O) groups excluding carboxylic acids is 1. The summed E-state index contributed by atoms with van der Waals surface area (Å²) in [5.74, 6) is 0.546. The van der Waals surface area contributed by atoms with Crippen LogP contribution in [0.1, 0.15) is 30.1 Å². The molecule has 2 aromatic carbocycles. The number of rotatable bonds is 7. The number of likely N-dealkylation sites (N-methyl/N-ethyl adjacent to an activating group) is 2. The van der Waals surface area contributed by atoms with Crippen LogP contribution in [0.2, 0.25) is 0 Å². The third-order valence-electron chi connectivity index (χ3n) is 5.51. The Morgan fingerprint density at radius 1 is 1.30 bits per heavy atom. The first-order chi connectivity index (χ1) is 14.5. The molecule has 8 heteroatoms. The maximum absolute atomic E-state index is 12.9. The van der Waals surface area contributed by atoms with Gasteiger partial charge in [0.05, 0.1) is 23.7 Å². The SMILES string of the molecule is CCN1C[C@H](CN(C)C(=O)c2ccc(NC3CC3)c([N+](=O)[O-])c2)Oc2ccccc21. The number of hydrogen-bond donors (Lipinski definition) is 1. The second-order valence-electron chi connectivity index (χ2n) is 7.84. The Morgan fingerprint density at radius 2 is 2.07 bits per heavy atom. The number of anilines is 2. The lowest BCUT2D eigenvalue weighted by Gasteiger charge is -2.37. The molecular formula is C22H26N4O4. The summed E-state index contributed by atoms with van der Waals surface area (Å²) < 4.78 is 6.10. The topological polar surface area (TPSA) is 88.0 Å². The van der Waals surface area contributed by atoms with E-state index in [0.717, 1.165) is 30.8 Å². The summed E-state index contributed by atoms with van der Waals surface area (Å²) in [6, 6.07) is 12.8. The van der Waals surface area contributed by atoms with E-state index >= 15 is 0 Å². The highest BCUT2D eigenvalue weighted by molar-refractivity contribution is 5.95. The molecule has 1 aliphatic carbocycles. The first-order valence-electron chi connectivity index (χ1n) is 10.3. The number of fused-ring (bicyclic) bond motifs is 1. The zero-order chi connectivity index (χ0) is 21.3. The van der Waals surface area contributed by atoms with Crippen molar-refractivity contribution in [3.8, 4) is 5.75 Å². The zero-order valence-corrected chi connectivity index (χ0v) is 17.2. The van der Waals surface area contributed by atoms with Crippen LogP contribution in [0.15, 0.2) is 42.5 Å². The Kier molecular flexibility index (Phi) is 5.48. The van der Waals surface area contributed by atoms with Gasteiger partial charge in [-0.3, -0.25) is 14.9 Å².